The van der Waals surface area contributed by atoms with E-state index in [0.717, 1.165) is 3.57 Å². The van der Waals surface area contributed by atoms with E-state index in [9.17, 15) is 4.79 Å². The Balaban J connectivity index is 2.45. The largest absolute Gasteiger partial charge is 0.461 e. The second-order valence-corrected chi connectivity index (χ2v) is 3.96. The Labute approximate surface area is 99.6 Å². The number of hydrogen-bond donors (Lipinski definition) is 0. The van der Waals surface area contributed by atoms with E-state index in [-0.39, 0.29) is 0 Å². The number of rotatable bonds is 2. The first kappa shape index (κ1) is 10.3. The van der Waals surface area contributed by atoms with Gasteiger partial charge >= 0.3 is 5.97 Å². The summed E-state index contributed by atoms with van der Waals surface area (Å²) in [6.45, 7) is 2.11. The average molecular weight is 317 g/mol. The molecular formula is C9H8IN3O2. The van der Waals surface area contributed by atoms with Crippen LogP contribution >= 0.6 is 22.6 Å². The van der Waals surface area contributed by atoms with Crippen molar-refractivity contribution in [3.8, 4) is 0 Å². The molecule has 2 rings (SSSR count). The molecule has 0 spiro atoms. The number of aromatic nitrogens is 3. The van der Waals surface area contributed by atoms with Crippen LogP contribution in [0.2, 0.25) is 0 Å². The summed E-state index contributed by atoms with van der Waals surface area (Å²) >= 11 is 2.12. The first-order chi connectivity index (χ1) is 7.22. The third kappa shape index (κ3) is 1.94. The van der Waals surface area contributed by atoms with Gasteiger partial charge in [-0.3, -0.25) is 0 Å². The number of esters is 1. The van der Waals surface area contributed by atoms with Gasteiger partial charge in [0.05, 0.1) is 16.4 Å². The topological polar surface area (TPSA) is 56.5 Å². The Morgan fingerprint density at radius 1 is 1.67 bits per heavy atom. The average Bonchev–Trinajstić information content (AvgIpc) is 2.60. The van der Waals surface area contributed by atoms with Gasteiger partial charge in [0.2, 0.25) is 0 Å². The maximum absolute atomic E-state index is 11.4. The third-order valence-electron chi connectivity index (χ3n) is 1.81. The summed E-state index contributed by atoms with van der Waals surface area (Å²) < 4.78 is 7.38. The van der Waals surface area contributed by atoms with Crippen LogP contribution in [0, 0.1) is 3.57 Å². The molecule has 0 aliphatic rings. The molecule has 2 aromatic heterocycles. The van der Waals surface area contributed by atoms with Crippen molar-refractivity contribution in [2.75, 3.05) is 6.61 Å². The van der Waals surface area contributed by atoms with E-state index >= 15 is 0 Å². The van der Waals surface area contributed by atoms with Crippen molar-refractivity contribution in [1.82, 2.24) is 14.6 Å². The highest BCUT2D eigenvalue weighted by atomic mass is 127. The Kier molecular flexibility index (Phi) is 2.85. The Morgan fingerprint density at radius 2 is 2.47 bits per heavy atom. The molecule has 0 bridgehead atoms. The summed E-state index contributed by atoms with van der Waals surface area (Å²) in [5.74, 6) is -0.406. The van der Waals surface area contributed by atoms with Crippen LogP contribution in [0.4, 0.5) is 0 Å². The highest BCUT2D eigenvalue weighted by molar-refractivity contribution is 14.1. The second-order valence-electron chi connectivity index (χ2n) is 2.79. The van der Waals surface area contributed by atoms with E-state index < -0.39 is 5.97 Å². The lowest BCUT2D eigenvalue weighted by atomic mass is 10.4. The zero-order valence-electron chi connectivity index (χ0n) is 7.98. The lowest BCUT2D eigenvalue weighted by Crippen LogP contribution is -2.08. The Morgan fingerprint density at radius 3 is 3.20 bits per heavy atom. The predicted octanol–water partition coefficient (Wildman–Crippen LogP) is 1.51. The fourth-order valence-electron chi connectivity index (χ4n) is 1.16. The van der Waals surface area contributed by atoms with Crippen molar-refractivity contribution in [3.05, 3.63) is 27.7 Å². The summed E-state index contributed by atoms with van der Waals surface area (Å²) in [5, 5.41) is 4.06. The number of fused-ring (bicyclic) bond motifs is 1. The number of halogens is 1. The van der Waals surface area contributed by atoms with Crippen molar-refractivity contribution in [2.24, 2.45) is 0 Å². The van der Waals surface area contributed by atoms with Gasteiger partial charge in [-0.2, -0.15) is 5.10 Å². The first-order valence-corrected chi connectivity index (χ1v) is 5.47. The molecule has 0 amide bonds. The molecule has 78 valence electrons. The smallest absolute Gasteiger partial charge is 0.357 e. The Hall–Kier alpha value is -1.18. The quantitative estimate of drug-likeness (QED) is 0.622. The second kappa shape index (κ2) is 4.13. The van der Waals surface area contributed by atoms with E-state index in [1.165, 1.54) is 0 Å². The normalized spacial score (nSPS) is 10.5. The zero-order chi connectivity index (χ0) is 10.8. The SMILES string of the molecule is CCOC(=O)c1ccn2ncc(I)c2n1. The van der Waals surface area contributed by atoms with Gasteiger partial charge in [-0.25, -0.2) is 14.3 Å². The van der Waals surface area contributed by atoms with Crippen molar-refractivity contribution < 1.29 is 9.53 Å². The number of carbonyl (C=O) groups is 1. The van der Waals surface area contributed by atoms with Crippen LogP contribution in [-0.4, -0.2) is 27.2 Å². The number of ether oxygens (including phenoxy) is 1. The molecule has 0 unspecified atom stereocenters. The van der Waals surface area contributed by atoms with Crippen molar-refractivity contribution in [1.29, 1.82) is 0 Å². The highest BCUT2D eigenvalue weighted by Crippen LogP contribution is 2.11. The minimum absolute atomic E-state index is 0.308. The maximum atomic E-state index is 11.4. The van der Waals surface area contributed by atoms with E-state index in [1.807, 2.05) is 0 Å². The van der Waals surface area contributed by atoms with E-state index in [0.29, 0.717) is 17.9 Å². The standard InChI is InChI=1S/C9H8IN3O2/c1-2-15-9(14)7-3-4-13-8(12-7)6(10)5-11-13/h3-5H,2H2,1H3. The van der Waals surface area contributed by atoms with Gasteiger partial charge in [-0.05, 0) is 35.6 Å². The number of carbonyl (C=O) groups excluding carboxylic acids is 1. The van der Waals surface area contributed by atoms with E-state index in [1.54, 1.807) is 29.9 Å². The highest BCUT2D eigenvalue weighted by Gasteiger charge is 2.10. The molecule has 0 N–H and O–H groups in total. The van der Waals surface area contributed by atoms with Crippen LogP contribution in [0.25, 0.3) is 5.65 Å². The predicted molar refractivity (Wildman–Crippen MR) is 61.7 cm³/mol. The molecule has 0 aromatic carbocycles. The van der Waals surface area contributed by atoms with Gasteiger partial charge in [0, 0.05) is 6.20 Å². The molecule has 2 heterocycles. The van der Waals surface area contributed by atoms with Gasteiger partial charge in [0.1, 0.15) is 0 Å². The van der Waals surface area contributed by atoms with Crippen LogP contribution in [-0.2, 0) is 4.74 Å². The zero-order valence-corrected chi connectivity index (χ0v) is 10.1. The first-order valence-electron chi connectivity index (χ1n) is 4.39. The molecule has 0 fully saturated rings. The molecular weight excluding hydrogens is 309 g/mol. The molecule has 0 aliphatic heterocycles. The van der Waals surface area contributed by atoms with Gasteiger partial charge in [-0.15, -0.1) is 0 Å². The lowest BCUT2D eigenvalue weighted by Gasteiger charge is -2.00. The molecule has 0 saturated carbocycles. The molecule has 6 heteroatoms. The van der Waals surface area contributed by atoms with E-state index in [2.05, 4.69) is 32.7 Å². The summed E-state index contributed by atoms with van der Waals surface area (Å²) in [5.41, 5.74) is 0.976. The van der Waals surface area contributed by atoms with Crippen LogP contribution in [0.15, 0.2) is 18.5 Å². The minimum atomic E-state index is -0.406. The number of nitrogens with zero attached hydrogens (tertiary/aromatic N) is 3. The minimum Gasteiger partial charge on any atom is -0.461 e. The lowest BCUT2D eigenvalue weighted by molar-refractivity contribution is 0.0519. The fourth-order valence-corrected chi connectivity index (χ4v) is 1.65. The molecule has 0 radical (unpaired) electrons. The molecule has 0 saturated heterocycles. The molecule has 5 nitrogen and oxygen atoms in total. The van der Waals surface area contributed by atoms with Crippen molar-refractivity contribution >= 4 is 34.2 Å². The molecule has 15 heavy (non-hydrogen) atoms. The summed E-state index contributed by atoms with van der Waals surface area (Å²) in [6.07, 6.45) is 3.38. The van der Waals surface area contributed by atoms with Gasteiger partial charge < -0.3 is 4.74 Å². The molecule has 0 atom stereocenters. The van der Waals surface area contributed by atoms with Crippen LogP contribution in [0.3, 0.4) is 0 Å². The van der Waals surface area contributed by atoms with Gasteiger partial charge in [0.25, 0.3) is 0 Å². The third-order valence-corrected chi connectivity index (χ3v) is 2.57. The van der Waals surface area contributed by atoms with E-state index in [4.69, 9.17) is 4.74 Å². The van der Waals surface area contributed by atoms with Crippen molar-refractivity contribution in [3.63, 3.8) is 0 Å². The number of hydrogen-bond acceptors (Lipinski definition) is 4. The summed E-state index contributed by atoms with van der Waals surface area (Å²) in [4.78, 5) is 15.6. The molecule has 2 aromatic rings. The van der Waals surface area contributed by atoms with Crippen LogP contribution in [0.5, 0.6) is 0 Å². The van der Waals surface area contributed by atoms with Gasteiger partial charge in [0.15, 0.2) is 11.3 Å². The van der Waals surface area contributed by atoms with Crippen molar-refractivity contribution in [2.45, 2.75) is 6.92 Å². The Bertz CT molecular complexity index is 509. The maximum Gasteiger partial charge on any atom is 0.357 e. The van der Waals surface area contributed by atoms with Gasteiger partial charge in [-0.1, -0.05) is 0 Å². The summed E-state index contributed by atoms with van der Waals surface area (Å²) in [7, 11) is 0. The van der Waals surface area contributed by atoms with Crippen LogP contribution < -0.4 is 0 Å². The van der Waals surface area contributed by atoms with Crippen LogP contribution in [0.1, 0.15) is 17.4 Å². The molecule has 0 aliphatic carbocycles. The fraction of sp³-hybridized carbons (Fsp3) is 0.222. The summed E-state index contributed by atoms with van der Waals surface area (Å²) in [6, 6.07) is 1.59. The monoisotopic (exact) mass is 317 g/mol.